The van der Waals surface area contributed by atoms with Crippen LogP contribution in [0, 0.1) is 0 Å². The summed E-state index contributed by atoms with van der Waals surface area (Å²) >= 11 is 12.3. The Morgan fingerprint density at radius 2 is 1.38 bits per heavy atom. The van der Waals surface area contributed by atoms with Crippen molar-refractivity contribution in [2.75, 3.05) is 0 Å². The molecule has 5 rings (SSSR count). The lowest BCUT2D eigenvalue weighted by molar-refractivity contribution is 1.35. The number of pyridine rings is 2. The number of benzene rings is 2. The fraction of sp³-hybridized carbons (Fsp3) is 0. The molecule has 3 heterocycles. The molecule has 2 aromatic carbocycles. The molecule has 0 amide bonds. The van der Waals surface area contributed by atoms with Gasteiger partial charge in [-0.2, -0.15) is 0 Å². The molecule has 0 aliphatic heterocycles. The number of fused-ring (bicyclic) bond motifs is 7. The van der Waals surface area contributed by atoms with Crippen LogP contribution in [0.25, 0.3) is 43.9 Å². The molecule has 0 aliphatic carbocycles. The zero-order valence-corrected chi connectivity index (χ0v) is 13.7. The van der Waals surface area contributed by atoms with Gasteiger partial charge in [0.25, 0.3) is 0 Å². The molecule has 0 bridgehead atoms. The molecule has 0 atom stereocenters. The van der Waals surface area contributed by atoms with Gasteiger partial charge in [-0.3, -0.25) is 4.98 Å². The van der Waals surface area contributed by atoms with Crippen molar-refractivity contribution in [3.05, 3.63) is 58.8 Å². The first-order valence-corrected chi connectivity index (χ1v) is 8.07. The van der Waals surface area contributed by atoms with Gasteiger partial charge >= 0.3 is 0 Å². The molecule has 0 spiro atoms. The van der Waals surface area contributed by atoms with Crippen LogP contribution in [0.1, 0.15) is 0 Å². The van der Waals surface area contributed by atoms with Crippen LogP contribution in [0.4, 0.5) is 0 Å². The number of rotatable bonds is 0. The van der Waals surface area contributed by atoms with Crippen LogP contribution >= 0.6 is 23.2 Å². The molecule has 5 aromatic rings. The lowest BCUT2D eigenvalue weighted by Gasteiger charge is -2.09. The highest BCUT2D eigenvalue weighted by atomic mass is 35.5. The van der Waals surface area contributed by atoms with E-state index in [9.17, 15) is 0 Å². The van der Waals surface area contributed by atoms with E-state index in [2.05, 4.69) is 9.97 Å². The van der Waals surface area contributed by atoms with Gasteiger partial charge in [0, 0.05) is 17.0 Å². The van der Waals surface area contributed by atoms with E-state index in [4.69, 9.17) is 33.2 Å². The van der Waals surface area contributed by atoms with Crippen LogP contribution in [0.5, 0.6) is 0 Å². The Kier molecular flexibility index (Phi) is 2.86. The van der Waals surface area contributed by atoms with Crippen molar-refractivity contribution >= 4 is 67.1 Å². The van der Waals surface area contributed by atoms with Crippen molar-refractivity contribution in [3.8, 4) is 0 Å². The maximum atomic E-state index is 6.18. The monoisotopic (exact) mass is 350 g/mol. The van der Waals surface area contributed by atoms with E-state index >= 15 is 0 Å². The lowest BCUT2D eigenvalue weighted by atomic mass is 10.1. The van der Waals surface area contributed by atoms with E-state index in [1.807, 2.05) is 42.5 Å². The molecule has 0 N–H and O–H groups in total. The minimum Gasteiger partial charge on any atom is -0.254 e. The van der Waals surface area contributed by atoms with Gasteiger partial charge in [-0.1, -0.05) is 41.4 Å². The highest BCUT2D eigenvalue weighted by Gasteiger charge is 2.15. The number of para-hydroxylation sites is 2. The predicted molar refractivity (Wildman–Crippen MR) is 97.7 cm³/mol. The van der Waals surface area contributed by atoms with Crippen molar-refractivity contribution in [2.45, 2.75) is 0 Å². The molecule has 24 heavy (non-hydrogen) atoms. The largest absolute Gasteiger partial charge is 0.254 e. The summed E-state index contributed by atoms with van der Waals surface area (Å²) in [5, 5.41) is 2.45. The Balaban J connectivity index is 2.15. The first-order valence-electron chi connectivity index (χ1n) is 7.31. The van der Waals surface area contributed by atoms with E-state index in [-0.39, 0.29) is 5.15 Å². The van der Waals surface area contributed by atoms with Gasteiger partial charge in [-0.15, -0.1) is 0 Å². The van der Waals surface area contributed by atoms with Crippen molar-refractivity contribution in [3.63, 3.8) is 0 Å². The zero-order chi connectivity index (χ0) is 16.3. The topological polar surface area (TPSA) is 51.6 Å². The molecule has 114 valence electrons. The summed E-state index contributed by atoms with van der Waals surface area (Å²) in [4.78, 5) is 18.5. The minimum atomic E-state index is 0.253. The first kappa shape index (κ1) is 13.8. The average Bonchev–Trinajstić information content (AvgIpc) is 2.62. The molecular formula is C18H8Cl2N4. The third kappa shape index (κ3) is 1.87. The van der Waals surface area contributed by atoms with Crippen LogP contribution in [0.2, 0.25) is 10.2 Å². The molecule has 6 heteroatoms. The zero-order valence-electron chi connectivity index (χ0n) is 12.2. The van der Waals surface area contributed by atoms with Crippen LogP contribution in [-0.2, 0) is 0 Å². The lowest BCUT2D eigenvalue weighted by Crippen LogP contribution is -1.94. The van der Waals surface area contributed by atoms with E-state index < -0.39 is 0 Å². The molecule has 4 nitrogen and oxygen atoms in total. The van der Waals surface area contributed by atoms with E-state index in [1.165, 1.54) is 0 Å². The second-order valence-electron chi connectivity index (χ2n) is 5.47. The first-order chi connectivity index (χ1) is 11.7. The number of halogens is 2. The van der Waals surface area contributed by atoms with Crippen LogP contribution in [-0.4, -0.2) is 19.9 Å². The summed E-state index contributed by atoms with van der Waals surface area (Å²) in [5.74, 6) is 0. The average molecular weight is 351 g/mol. The van der Waals surface area contributed by atoms with Crippen molar-refractivity contribution < 1.29 is 0 Å². The molecule has 0 saturated carbocycles. The summed E-state index contributed by atoms with van der Waals surface area (Å²) < 4.78 is 0. The minimum absolute atomic E-state index is 0.253. The Morgan fingerprint density at radius 1 is 0.667 bits per heavy atom. The molecule has 0 saturated heterocycles. The molecule has 3 aromatic heterocycles. The SMILES string of the molecule is Clc1cc2c3cccnc3c3nc4ccccc4nc3c2nc1Cl. The normalized spacial score (nSPS) is 11.8. The maximum absolute atomic E-state index is 6.18. The fourth-order valence-corrected chi connectivity index (χ4v) is 3.28. The van der Waals surface area contributed by atoms with Crippen molar-refractivity contribution in [2.24, 2.45) is 0 Å². The summed E-state index contributed by atoms with van der Waals surface area (Å²) in [5.41, 5.74) is 4.46. The second kappa shape index (κ2) is 4.97. The maximum Gasteiger partial charge on any atom is 0.148 e. The van der Waals surface area contributed by atoms with E-state index in [0.717, 1.165) is 27.3 Å². The van der Waals surface area contributed by atoms with E-state index in [1.54, 1.807) is 6.20 Å². The highest BCUT2D eigenvalue weighted by molar-refractivity contribution is 6.42. The van der Waals surface area contributed by atoms with Gasteiger partial charge in [0.1, 0.15) is 21.7 Å². The van der Waals surface area contributed by atoms with Gasteiger partial charge in [0.2, 0.25) is 0 Å². The van der Waals surface area contributed by atoms with Gasteiger partial charge in [-0.25, -0.2) is 15.0 Å². The molecule has 0 unspecified atom stereocenters. The summed E-state index contributed by atoms with van der Waals surface area (Å²) in [6, 6.07) is 13.4. The number of hydrogen-bond donors (Lipinski definition) is 0. The molecule has 0 fully saturated rings. The second-order valence-corrected chi connectivity index (χ2v) is 6.23. The quantitative estimate of drug-likeness (QED) is 0.219. The Bertz CT molecular complexity index is 1280. The predicted octanol–water partition coefficient (Wildman–Crippen LogP) is 5.19. The highest BCUT2D eigenvalue weighted by Crippen LogP contribution is 2.35. The van der Waals surface area contributed by atoms with Crippen LogP contribution < -0.4 is 0 Å². The summed E-state index contributed by atoms with van der Waals surface area (Å²) in [6.45, 7) is 0. The summed E-state index contributed by atoms with van der Waals surface area (Å²) in [7, 11) is 0. The Morgan fingerprint density at radius 3 is 2.12 bits per heavy atom. The molecular weight excluding hydrogens is 343 g/mol. The van der Waals surface area contributed by atoms with E-state index in [0.29, 0.717) is 21.6 Å². The number of hydrogen-bond acceptors (Lipinski definition) is 4. The fourth-order valence-electron chi connectivity index (χ4n) is 2.99. The van der Waals surface area contributed by atoms with Gasteiger partial charge < -0.3 is 0 Å². The Labute approximate surface area is 146 Å². The standard InChI is InChI=1S/C18H8Cl2N4/c19-11-8-10-9-4-3-7-21-14(9)16-17(15(10)24-18(11)20)23-13-6-2-1-5-12(13)22-16/h1-8H. The Hall–Kier alpha value is -2.56. The van der Waals surface area contributed by atoms with Crippen molar-refractivity contribution in [1.82, 2.24) is 19.9 Å². The number of aromatic nitrogens is 4. The smallest absolute Gasteiger partial charge is 0.148 e. The number of nitrogens with zero attached hydrogens (tertiary/aromatic N) is 4. The summed E-state index contributed by atoms with van der Waals surface area (Å²) in [6.07, 6.45) is 1.75. The molecule has 0 radical (unpaired) electrons. The van der Waals surface area contributed by atoms with Gasteiger partial charge in [0.05, 0.1) is 21.6 Å². The third-order valence-electron chi connectivity index (χ3n) is 4.05. The van der Waals surface area contributed by atoms with Gasteiger partial charge in [0.15, 0.2) is 0 Å². The van der Waals surface area contributed by atoms with Gasteiger partial charge in [-0.05, 0) is 24.3 Å². The van der Waals surface area contributed by atoms with Crippen LogP contribution in [0.3, 0.4) is 0 Å². The van der Waals surface area contributed by atoms with Crippen molar-refractivity contribution in [1.29, 1.82) is 0 Å². The van der Waals surface area contributed by atoms with Crippen LogP contribution in [0.15, 0.2) is 48.7 Å². The molecule has 0 aliphatic rings. The third-order valence-corrected chi connectivity index (χ3v) is 4.72.